The summed E-state index contributed by atoms with van der Waals surface area (Å²) in [6.45, 7) is 3.17. The summed E-state index contributed by atoms with van der Waals surface area (Å²) in [5.74, 6) is 0.0588. The van der Waals surface area contributed by atoms with Gasteiger partial charge in [-0.25, -0.2) is 8.42 Å². The fourth-order valence-electron chi connectivity index (χ4n) is 4.97. The van der Waals surface area contributed by atoms with E-state index in [9.17, 15) is 13.2 Å². The van der Waals surface area contributed by atoms with Crippen LogP contribution in [0.5, 0.6) is 5.75 Å². The lowest BCUT2D eigenvalue weighted by atomic mass is 10.0. The van der Waals surface area contributed by atoms with Crippen LogP contribution in [0.4, 0.5) is 5.69 Å². The molecular weight excluding hydrogens is 450 g/mol. The molecule has 0 bridgehead atoms. The number of anilines is 1. The van der Waals surface area contributed by atoms with Crippen LogP contribution in [0.2, 0.25) is 0 Å². The largest absolute Gasteiger partial charge is 0.492 e. The van der Waals surface area contributed by atoms with Gasteiger partial charge in [0.1, 0.15) is 10.6 Å². The molecule has 8 heteroatoms. The van der Waals surface area contributed by atoms with E-state index in [0.717, 1.165) is 60.7 Å². The molecule has 2 aromatic carbocycles. The maximum atomic E-state index is 13.5. The molecule has 2 heterocycles. The van der Waals surface area contributed by atoms with E-state index in [-0.39, 0.29) is 10.8 Å². The second kappa shape index (κ2) is 9.35. The van der Waals surface area contributed by atoms with E-state index in [1.165, 1.54) is 10.4 Å². The van der Waals surface area contributed by atoms with Crippen molar-refractivity contribution in [1.29, 1.82) is 0 Å². The van der Waals surface area contributed by atoms with Gasteiger partial charge in [-0.15, -0.1) is 0 Å². The number of hydrogen-bond donors (Lipinski definition) is 1. The highest BCUT2D eigenvalue weighted by Crippen LogP contribution is 2.33. The number of nitrogens with zero attached hydrogens (tertiary/aromatic N) is 2. The Bertz CT molecular complexity index is 1350. The van der Waals surface area contributed by atoms with Crippen molar-refractivity contribution in [2.45, 2.75) is 50.3 Å². The Hall–Kier alpha value is -2.97. The smallest absolute Gasteiger partial charge is 0.256 e. The van der Waals surface area contributed by atoms with E-state index in [2.05, 4.69) is 5.32 Å². The van der Waals surface area contributed by atoms with Gasteiger partial charge in [0.25, 0.3) is 5.91 Å². The van der Waals surface area contributed by atoms with Crippen LogP contribution < -0.4 is 10.1 Å². The van der Waals surface area contributed by atoms with E-state index in [1.54, 1.807) is 12.1 Å². The number of amides is 1. The van der Waals surface area contributed by atoms with Crippen LogP contribution in [0, 0.1) is 0 Å². The number of carbonyl (C=O) groups is 1. The van der Waals surface area contributed by atoms with Gasteiger partial charge in [-0.3, -0.25) is 9.78 Å². The zero-order valence-corrected chi connectivity index (χ0v) is 20.2. The molecule has 0 unspecified atom stereocenters. The van der Waals surface area contributed by atoms with Crippen LogP contribution in [-0.4, -0.2) is 43.3 Å². The first-order chi connectivity index (χ1) is 16.5. The fourth-order valence-corrected chi connectivity index (χ4v) is 6.64. The van der Waals surface area contributed by atoms with Gasteiger partial charge in [0.15, 0.2) is 0 Å². The van der Waals surface area contributed by atoms with E-state index in [4.69, 9.17) is 9.72 Å². The summed E-state index contributed by atoms with van der Waals surface area (Å²) >= 11 is 0. The Labute approximate surface area is 200 Å². The summed E-state index contributed by atoms with van der Waals surface area (Å²) in [6, 6.07) is 12.5. The van der Waals surface area contributed by atoms with Crippen LogP contribution in [0.3, 0.4) is 0 Å². The summed E-state index contributed by atoms with van der Waals surface area (Å²) in [7, 11) is -3.73. The molecule has 3 aromatic rings. The number of rotatable bonds is 6. The third-order valence-electron chi connectivity index (χ3n) is 6.58. The second-order valence-corrected chi connectivity index (χ2v) is 10.7. The number of aryl methyl sites for hydroxylation is 1. The Balaban J connectivity index is 1.53. The minimum Gasteiger partial charge on any atom is -0.492 e. The van der Waals surface area contributed by atoms with Crippen molar-refractivity contribution in [2.75, 3.05) is 25.0 Å². The summed E-state index contributed by atoms with van der Waals surface area (Å²) < 4.78 is 34.1. The first kappa shape index (κ1) is 22.8. The lowest BCUT2D eigenvalue weighted by Crippen LogP contribution is -2.35. The lowest BCUT2D eigenvalue weighted by molar-refractivity contribution is 0.102. The molecule has 0 saturated carbocycles. The third-order valence-corrected chi connectivity index (χ3v) is 8.50. The Morgan fingerprint density at radius 2 is 1.85 bits per heavy atom. The Morgan fingerprint density at radius 1 is 1.06 bits per heavy atom. The molecule has 0 spiro atoms. The molecule has 7 nitrogen and oxygen atoms in total. The second-order valence-electron chi connectivity index (χ2n) is 8.80. The van der Waals surface area contributed by atoms with Crippen LogP contribution in [0.15, 0.2) is 47.4 Å². The lowest BCUT2D eigenvalue weighted by Gasteiger charge is -2.27. The molecule has 1 saturated heterocycles. The maximum absolute atomic E-state index is 13.5. The molecule has 1 fully saturated rings. The van der Waals surface area contributed by atoms with E-state index in [1.807, 2.05) is 31.2 Å². The van der Waals surface area contributed by atoms with Gasteiger partial charge in [-0.1, -0.05) is 24.6 Å². The number of fused-ring (bicyclic) bond motifs is 2. The van der Waals surface area contributed by atoms with Crippen molar-refractivity contribution < 1.29 is 17.9 Å². The van der Waals surface area contributed by atoms with Gasteiger partial charge < -0.3 is 10.1 Å². The first-order valence-corrected chi connectivity index (χ1v) is 13.4. The summed E-state index contributed by atoms with van der Waals surface area (Å²) in [6.07, 6.45) is 5.38. The minimum absolute atomic E-state index is 0.0962. The molecule has 34 heavy (non-hydrogen) atoms. The average Bonchev–Trinajstić information content (AvgIpc) is 3.32. The van der Waals surface area contributed by atoms with E-state index < -0.39 is 10.0 Å². The quantitative estimate of drug-likeness (QED) is 0.560. The van der Waals surface area contributed by atoms with E-state index in [0.29, 0.717) is 36.7 Å². The summed E-state index contributed by atoms with van der Waals surface area (Å²) in [5, 5.41) is 3.77. The number of benzene rings is 2. The number of carbonyl (C=O) groups excluding carboxylic acids is 1. The zero-order valence-electron chi connectivity index (χ0n) is 19.3. The fraction of sp³-hybridized carbons (Fsp3) is 0.385. The van der Waals surface area contributed by atoms with Crippen LogP contribution >= 0.6 is 0 Å². The van der Waals surface area contributed by atoms with Crippen LogP contribution in [-0.2, 0) is 22.9 Å². The predicted molar refractivity (Wildman–Crippen MR) is 132 cm³/mol. The van der Waals surface area contributed by atoms with Gasteiger partial charge in [0.05, 0.1) is 17.7 Å². The predicted octanol–water partition coefficient (Wildman–Crippen LogP) is 4.55. The van der Waals surface area contributed by atoms with Crippen molar-refractivity contribution in [3.8, 4) is 5.75 Å². The maximum Gasteiger partial charge on any atom is 0.256 e. The van der Waals surface area contributed by atoms with Gasteiger partial charge in [0, 0.05) is 29.9 Å². The van der Waals surface area contributed by atoms with Crippen LogP contribution in [0.1, 0.15) is 54.2 Å². The average molecular weight is 480 g/mol. The SMILES string of the molecule is CCOc1ccc(NC(=O)c2c3c(nc4ccccc24)CCC3)cc1S(=O)(=O)N1CCCCC1. The molecule has 178 valence electrons. The highest BCUT2D eigenvalue weighted by molar-refractivity contribution is 7.89. The van der Waals surface area contributed by atoms with Gasteiger partial charge in [0.2, 0.25) is 10.0 Å². The molecule has 1 aliphatic heterocycles. The Morgan fingerprint density at radius 3 is 2.65 bits per heavy atom. The number of sulfonamides is 1. The highest BCUT2D eigenvalue weighted by atomic mass is 32.2. The van der Waals surface area contributed by atoms with Gasteiger partial charge in [-0.2, -0.15) is 4.31 Å². The van der Waals surface area contributed by atoms with Crippen molar-refractivity contribution in [3.63, 3.8) is 0 Å². The number of nitrogens with one attached hydrogen (secondary N) is 1. The molecular formula is C26H29N3O4S. The molecule has 5 rings (SSSR count). The van der Waals surface area contributed by atoms with Crippen molar-refractivity contribution in [2.24, 2.45) is 0 Å². The monoisotopic (exact) mass is 479 g/mol. The number of piperidine rings is 1. The van der Waals surface area contributed by atoms with Crippen molar-refractivity contribution >= 4 is 32.5 Å². The van der Waals surface area contributed by atoms with Crippen molar-refractivity contribution in [3.05, 3.63) is 59.3 Å². The van der Waals surface area contributed by atoms with Gasteiger partial charge in [-0.05, 0) is 68.9 Å². The summed E-state index contributed by atoms with van der Waals surface area (Å²) in [5.41, 5.74) is 3.82. The molecule has 1 aromatic heterocycles. The molecule has 1 amide bonds. The van der Waals surface area contributed by atoms with Crippen LogP contribution in [0.25, 0.3) is 10.9 Å². The molecule has 0 atom stereocenters. The number of aromatic nitrogens is 1. The standard InChI is InChI=1S/C26H29N3O4S/c1-2-33-23-14-13-18(17-24(23)34(31,32)29-15-6-3-7-16-29)27-26(30)25-19-9-4-5-11-21(19)28-22-12-8-10-20(22)25/h4-5,9,11,13-14,17H,2-3,6-8,10,12,15-16H2,1H3,(H,27,30). The minimum atomic E-state index is -3.73. The number of para-hydroxylation sites is 1. The molecule has 1 N–H and O–H groups in total. The third kappa shape index (κ3) is 4.16. The number of pyridine rings is 1. The van der Waals surface area contributed by atoms with Gasteiger partial charge >= 0.3 is 0 Å². The molecule has 0 radical (unpaired) electrons. The Kier molecular flexibility index (Phi) is 6.27. The highest BCUT2D eigenvalue weighted by Gasteiger charge is 2.30. The number of ether oxygens (including phenoxy) is 1. The first-order valence-electron chi connectivity index (χ1n) is 12.0. The molecule has 1 aliphatic carbocycles. The molecule has 2 aliphatic rings. The van der Waals surface area contributed by atoms with Crippen molar-refractivity contribution in [1.82, 2.24) is 9.29 Å². The summed E-state index contributed by atoms with van der Waals surface area (Å²) in [4.78, 5) is 18.4. The normalized spacial score (nSPS) is 16.4. The van der Waals surface area contributed by atoms with E-state index >= 15 is 0 Å². The topological polar surface area (TPSA) is 88.6 Å². The number of hydrogen-bond acceptors (Lipinski definition) is 5. The zero-order chi connectivity index (χ0) is 23.7.